The molecule has 0 aliphatic carbocycles. The van der Waals surface area contributed by atoms with Crippen molar-refractivity contribution in [1.29, 1.82) is 0 Å². The van der Waals surface area contributed by atoms with Crippen LogP contribution >= 0.6 is 23.2 Å². The smallest absolute Gasteiger partial charge is 0.190 e. The number of hydrogen-bond acceptors (Lipinski definition) is 2. The Balaban J connectivity index is 3.35. The van der Waals surface area contributed by atoms with Crippen LogP contribution in [0.5, 0.6) is 0 Å². The van der Waals surface area contributed by atoms with Crippen molar-refractivity contribution in [1.82, 2.24) is 0 Å². The molecule has 4 heteroatoms. The normalized spacial score (nSPS) is 9.71. The van der Waals surface area contributed by atoms with Gasteiger partial charge in [-0.1, -0.05) is 23.2 Å². The van der Waals surface area contributed by atoms with Gasteiger partial charge in [-0.25, -0.2) is 0 Å². The lowest BCUT2D eigenvalue weighted by Crippen LogP contribution is -2.11. The number of alkyl halides is 2. The number of hydrogen-bond donors (Lipinski definition) is 1. The van der Waals surface area contributed by atoms with E-state index in [4.69, 9.17) is 28.3 Å². The molecule has 0 saturated carbocycles. The highest BCUT2D eigenvalue weighted by molar-refractivity contribution is 6.53. The predicted octanol–water partition coefficient (Wildman–Crippen LogP) is 0.351. The Bertz CT molecular complexity index is 71.3. The zero-order valence-electron chi connectivity index (χ0n) is 3.40. The van der Waals surface area contributed by atoms with E-state index < -0.39 is 17.2 Å². The molecule has 0 unspecified atom stereocenters. The molecule has 0 bridgehead atoms. The monoisotopic (exact) mass is 142 g/mol. The second-order valence-corrected chi connectivity index (χ2v) is 2.02. The van der Waals surface area contributed by atoms with Crippen molar-refractivity contribution >= 4 is 29.0 Å². The van der Waals surface area contributed by atoms with Gasteiger partial charge in [0.1, 0.15) is 6.61 Å². The fourth-order valence-corrected chi connectivity index (χ4v) is 0.207. The van der Waals surface area contributed by atoms with E-state index in [0.717, 1.165) is 0 Å². The van der Waals surface area contributed by atoms with Crippen LogP contribution in [0.2, 0.25) is 0 Å². The molecule has 2 nitrogen and oxygen atoms in total. The summed E-state index contributed by atoms with van der Waals surface area (Å²) in [5.41, 5.74) is 0. The van der Waals surface area contributed by atoms with Gasteiger partial charge in [0.15, 0.2) is 10.6 Å². The molecule has 0 aromatic carbocycles. The lowest BCUT2D eigenvalue weighted by molar-refractivity contribution is -0.120. The Hall–Kier alpha value is 0.210. The lowest BCUT2D eigenvalue weighted by atomic mass is 10.5. The second-order valence-electron chi connectivity index (χ2n) is 0.925. The molecule has 42 valence electrons. The number of carbonyl (C=O) groups excluding carboxylic acids is 1. The number of carbonyl (C=O) groups is 1. The van der Waals surface area contributed by atoms with E-state index >= 15 is 0 Å². The van der Waals surface area contributed by atoms with Crippen LogP contribution in [0.4, 0.5) is 0 Å². The molecule has 0 rings (SSSR count). The standard InChI is InChI=1S/C3H4Cl2O2/c4-3(5)2(7)1-6/h3,6H,1H2. The van der Waals surface area contributed by atoms with Gasteiger partial charge in [-0.3, -0.25) is 4.79 Å². The van der Waals surface area contributed by atoms with Crippen molar-refractivity contribution in [2.75, 3.05) is 6.61 Å². The molecule has 0 amide bonds. The average molecular weight is 143 g/mol. The van der Waals surface area contributed by atoms with Gasteiger partial charge in [0.25, 0.3) is 0 Å². The van der Waals surface area contributed by atoms with Crippen molar-refractivity contribution in [2.24, 2.45) is 0 Å². The Morgan fingerprint density at radius 1 is 1.71 bits per heavy atom. The summed E-state index contributed by atoms with van der Waals surface area (Å²) in [5.74, 6) is -0.566. The van der Waals surface area contributed by atoms with Gasteiger partial charge in [-0.2, -0.15) is 0 Å². The predicted molar refractivity (Wildman–Crippen MR) is 27.6 cm³/mol. The van der Waals surface area contributed by atoms with Crippen molar-refractivity contribution < 1.29 is 9.90 Å². The quantitative estimate of drug-likeness (QED) is 0.566. The first-order valence-corrected chi connectivity index (χ1v) is 2.47. The summed E-state index contributed by atoms with van der Waals surface area (Å²) in [6, 6.07) is 0. The molecule has 0 atom stereocenters. The van der Waals surface area contributed by atoms with Gasteiger partial charge in [0.2, 0.25) is 0 Å². The van der Waals surface area contributed by atoms with Crippen molar-refractivity contribution in [3.8, 4) is 0 Å². The van der Waals surface area contributed by atoms with E-state index in [1.54, 1.807) is 0 Å². The molecular weight excluding hydrogens is 139 g/mol. The van der Waals surface area contributed by atoms with Crippen molar-refractivity contribution in [3.63, 3.8) is 0 Å². The van der Waals surface area contributed by atoms with Crippen LogP contribution in [0, 0.1) is 0 Å². The fraction of sp³-hybridized carbons (Fsp3) is 0.667. The van der Waals surface area contributed by atoms with Gasteiger partial charge in [0.05, 0.1) is 0 Å². The zero-order valence-corrected chi connectivity index (χ0v) is 4.91. The number of Topliss-reactive ketones (excluding diaryl/α,β-unsaturated/α-hetero) is 1. The molecule has 0 aliphatic heterocycles. The summed E-state index contributed by atoms with van der Waals surface area (Å²) in [7, 11) is 0. The highest BCUT2D eigenvalue weighted by Crippen LogP contribution is 2.00. The van der Waals surface area contributed by atoms with Crippen molar-refractivity contribution in [3.05, 3.63) is 0 Å². The molecule has 0 saturated heterocycles. The highest BCUT2D eigenvalue weighted by atomic mass is 35.5. The Kier molecular flexibility index (Phi) is 3.34. The fourth-order valence-electron chi connectivity index (χ4n) is 0.0690. The number of ketones is 1. The van der Waals surface area contributed by atoms with E-state index in [0.29, 0.717) is 0 Å². The van der Waals surface area contributed by atoms with E-state index in [1.165, 1.54) is 0 Å². The SMILES string of the molecule is O=C(CO)C(Cl)Cl. The minimum Gasteiger partial charge on any atom is -0.388 e. The van der Waals surface area contributed by atoms with E-state index in [2.05, 4.69) is 0 Å². The zero-order chi connectivity index (χ0) is 5.86. The maximum Gasteiger partial charge on any atom is 0.190 e. The summed E-state index contributed by atoms with van der Waals surface area (Å²) in [6.07, 6.45) is 0. The summed E-state index contributed by atoms with van der Waals surface area (Å²) in [6.45, 7) is -0.586. The van der Waals surface area contributed by atoms with Gasteiger partial charge in [-0.05, 0) is 0 Å². The molecule has 0 fully saturated rings. The van der Waals surface area contributed by atoms with Gasteiger partial charge >= 0.3 is 0 Å². The number of aliphatic hydroxyl groups excluding tert-OH is 1. The van der Waals surface area contributed by atoms with Gasteiger partial charge in [0, 0.05) is 0 Å². The summed E-state index contributed by atoms with van der Waals surface area (Å²) in [5, 5.41) is 7.99. The van der Waals surface area contributed by atoms with Crippen LogP contribution in [0.1, 0.15) is 0 Å². The molecule has 0 radical (unpaired) electrons. The third kappa shape index (κ3) is 2.85. The van der Waals surface area contributed by atoms with E-state index in [9.17, 15) is 4.79 Å². The van der Waals surface area contributed by atoms with Crippen LogP contribution in [0.25, 0.3) is 0 Å². The third-order valence-corrected chi connectivity index (χ3v) is 0.886. The number of halogens is 2. The van der Waals surface area contributed by atoms with Crippen LogP contribution in [-0.2, 0) is 4.79 Å². The first-order valence-electron chi connectivity index (χ1n) is 1.60. The Morgan fingerprint density at radius 3 is 2.14 bits per heavy atom. The second kappa shape index (κ2) is 3.24. The average Bonchev–Trinajstić information content (AvgIpc) is 1.65. The molecule has 0 aliphatic rings. The summed E-state index contributed by atoms with van der Waals surface area (Å²) >= 11 is 9.97. The summed E-state index contributed by atoms with van der Waals surface area (Å²) in [4.78, 5) is 8.92. The maximum absolute atomic E-state index is 10.00. The van der Waals surface area contributed by atoms with Crippen LogP contribution < -0.4 is 0 Å². The Labute approximate surface area is 51.0 Å². The molecule has 0 aromatic heterocycles. The van der Waals surface area contributed by atoms with Gasteiger partial charge in [-0.15, -0.1) is 0 Å². The van der Waals surface area contributed by atoms with Crippen LogP contribution in [0.3, 0.4) is 0 Å². The minimum atomic E-state index is -1.08. The topological polar surface area (TPSA) is 37.3 Å². The first kappa shape index (κ1) is 7.21. The molecular formula is C3H4Cl2O2. The van der Waals surface area contributed by atoms with Crippen LogP contribution in [-0.4, -0.2) is 22.3 Å². The molecule has 1 N–H and O–H groups in total. The maximum atomic E-state index is 10.00. The third-order valence-electron chi connectivity index (χ3n) is 0.399. The highest BCUT2D eigenvalue weighted by Gasteiger charge is 2.07. The van der Waals surface area contributed by atoms with Crippen LogP contribution in [0.15, 0.2) is 0 Å². The van der Waals surface area contributed by atoms with E-state index in [1.807, 2.05) is 0 Å². The molecule has 7 heavy (non-hydrogen) atoms. The Morgan fingerprint density at radius 2 is 2.14 bits per heavy atom. The van der Waals surface area contributed by atoms with Gasteiger partial charge < -0.3 is 5.11 Å². The van der Waals surface area contributed by atoms with Crippen molar-refractivity contribution in [2.45, 2.75) is 4.84 Å². The molecule has 0 heterocycles. The number of rotatable bonds is 2. The lowest BCUT2D eigenvalue weighted by Gasteiger charge is -1.90. The van der Waals surface area contributed by atoms with E-state index in [-0.39, 0.29) is 0 Å². The summed E-state index contributed by atoms with van der Waals surface area (Å²) < 4.78 is 0. The molecule has 0 aromatic rings. The number of aliphatic hydroxyl groups is 1. The molecule has 0 spiro atoms. The first-order chi connectivity index (χ1) is 3.18. The minimum absolute atomic E-state index is 0.566. The largest absolute Gasteiger partial charge is 0.388 e.